The van der Waals surface area contributed by atoms with Gasteiger partial charge in [-0.15, -0.1) is 0 Å². The summed E-state index contributed by atoms with van der Waals surface area (Å²) in [6.07, 6.45) is 6.01. The highest BCUT2D eigenvalue weighted by Gasteiger charge is 2.40. The third-order valence-corrected chi connectivity index (χ3v) is 4.20. The molecule has 100 valence electrons. The van der Waals surface area contributed by atoms with E-state index in [1.54, 1.807) is 0 Å². The number of rotatable bonds is 0. The van der Waals surface area contributed by atoms with Crippen molar-refractivity contribution < 1.29 is 14.6 Å². The normalized spacial score (nSPS) is 43.2. The van der Waals surface area contributed by atoms with Crippen molar-refractivity contribution in [1.29, 1.82) is 0 Å². The van der Waals surface area contributed by atoms with Crippen molar-refractivity contribution in [3.8, 4) is 0 Å². The lowest BCUT2D eigenvalue weighted by Crippen LogP contribution is -2.20. The molecular weight excluding hydrogens is 228 g/mol. The Balaban J connectivity index is 2.26. The van der Waals surface area contributed by atoms with Crippen LogP contribution in [0.5, 0.6) is 0 Å². The number of fused-ring (bicyclic) bond motifs is 1. The number of hydrogen-bond acceptors (Lipinski definition) is 3. The highest BCUT2D eigenvalue weighted by atomic mass is 16.6. The first kappa shape index (κ1) is 13.3. The number of aliphatic hydroxyl groups is 1. The Kier molecular flexibility index (Phi) is 3.91. The number of carbonyl (C=O) groups is 1. The van der Waals surface area contributed by atoms with Gasteiger partial charge >= 0.3 is 5.97 Å². The Morgan fingerprint density at radius 3 is 2.83 bits per heavy atom. The van der Waals surface area contributed by atoms with E-state index in [9.17, 15) is 9.90 Å². The number of hydrogen-bond donors (Lipinski definition) is 1. The van der Waals surface area contributed by atoms with Crippen molar-refractivity contribution >= 4 is 5.97 Å². The van der Waals surface area contributed by atoms with Gasteiger partial charge in [0.25, 0.3) is 0 Å². The van der Waals surface area contributed by atoms with Gasteiger partial charge in [0.2, 0.25) is 0 Å². The average Bonchev–Trinajstić information content (AvgIpc) is 2.59. The van der Waals surface area contributed by atoms with Crippen molar-refractivity contribution in [3.05, 3.63) is 23.3 Å². The van der Waals surface area contributed by atoms with Crippen molar-refractivity contribution in [3.63, 3.8) is 0 Å². The molecule has 0 saturated carbocycles. The summed E-state index contributed by atoms with van der Waals surface area (Å²) in [6.45, 7) is 5.94. The predicted octanol–water partition coefficient (Wildman–Crippen LogP) is 2.60. The fourth-order valence-corrected chi connectivity index (χ4v) is 2.73. The highest BCUT2D eigenvalue weighted by molar-refractivity contribution is 5.75. The van der Waals surface area contributed by atoms with E-state index in [2.05, 4.69) is 13.0 Å². The molecule has 1 N–H and O–H groups in total. The lowest BCUT2D eigenvalue weighted by molar-refractivity contribution is -0.142. The monoisotopic (exact) mass is 250 g/mol. The van der Waals surface area contributed by atoms with Crippen LogP contribution in [0.2, 0.25) is 0 Å². The van der Waals surface area contributed by atoms with Crippen LogP contribution in [0, 0.1) is 11.8 Å². The molecule has 1 fully saturated rings. The maximum absolute atomic E-state index is 11.7. The minimum absolute atomic E-state index is 0.0385. The molecule has 3 heteroatoms. The van der Waals surface area contributed by atoms with Gasteiger partial charge in [-0.25, -0.2) is 0 Å². The predicted molar refractivity (Wildman–Crippen MR) is 69.9 cm³/mol. The summed E-state index contributed by atoms with van der Waals surface area (Å²) in [5, 5.41) is 10.0. The third-order valence-electron chi connectivity index (χ3n) is 4.20. The molecule has 0 spiro atoms. The second kappa shape index (κ2) is 5.27. The van der Waals surface area contributed by atoms with Gasteiger partial charge in [-0.05, 0) is 44.8 Å². The van der Waals surface area contributed by atoms with Gasteiger partial charge in [0.05, 0.1) is 12.0 Å². The molecule has 0 aromatic heterocycles. The Labute approximate surface area is 109 Å². The fourth-order valence-electron chi connectivity index (χ4n) is 2.73. The molecule has 0 aromatic carbocycles. The number of aliphatic hydroxyl groups excluding tert-OH is 1. The van der Waals surface area contributed by atoms with Crippen LogP contribution in [0.1, 0.15) is 40.0 Å². The Bertz CT molecular complexity index is 395. The van der Waals surface area contributed by atoms with E-state index < -0.39 is 6.10 Å². The topological polar surface area (TPSA) is 46.5 Å². The molecule has 0 amide bonds. The van der Waals surface area contributed by atoms with Crippen LogP contribution in [0.3, 0.4) is 0 Å². The fraction of sp³-hybridized carbons (Fsp3) is 0.667. The van der Waals surface area contributed by atoms with Gasteiger partial charge in [0.1, 0.15) is 6.10 Å². The van der Waals surface area contributed by atoms with Crippen molar-refractivity contribution in [1.82, 2.24) is 0 Å². The number of ether oxygens (including phenoxy) is 1. The maximum Gasteiger partial charge on any atom is 0.309 e. The molecule has 0 bridgehead atoms. The molecule has 1 saturated heterocycles. The lowest BCUT2D eigenvalue weighted by Gasteiger charge is -2.20. The van der Waals surface area contributed by atoms with Gasteiger partial charge in [0.15, 0.2) is 0 Å². The summed E-state index contributed by atoms with van der Waals surface area (Å²) >= 11 is 0. The van der Waals surface area contributed by atoms with Crippen LogP contribution >= 0.6 is 0 Å². The van der Waals surface area contributed by atoms with Gasteiger partial charge in [-0.2, -0.15) is 0 Å². The highest BCUT2D eigenvalue weighted by Crippen LogP contribution is 2.35. The van der Waals surface area contributed by atoms with E-state index in [1.165, 1.54) is 5.57 Å². The lowest BCUT2D eigenvalue weighted by atomic mass is 9.84. The molecule has 0 radical (unpaired) electrons. The van der Waals surface area contributed by atoms with E-state index >= 15 is 0 Å². The zero-order valence-corrected chi connectivity index (χ0v) is 11.3. The quantitative estimate of drug-likeness (QED) is 0.531. The van der Waals surface area contributed by atoms with Crippen LogP contribution in [0.4, 0.5) is 0 Å². The van der Waals surface area contributed by atoms with E-state index in [0.717, 1.165) is 18.4 Å². The minimum atomic E-state index is -0.465. The number of carbonyl (C=O) groups excluding carboxylic acids is 1. The third kappa shape index (κ3) is 2.66. The molecule has 1 aliphatic heterocycles. The first-order valence-corrected chi connectivity index (χ1v) is 6.71. The number of allylic oxidation sites excluding steroid dienone is 1. The second-order valence-corrected chi connectivity index (χ2v) is 5.61. The first-order chi connectivity index (χ1) is 8.49. The Morgan fingerprint density at radius 2 is 2.11 bits per heavy atom. The molecular formula is C15H22O3. The van der Waals surface area contributed by atoms with E-state index in [-0.39, 0.29) is 23.9 Å². The van der Waals surface area contributed by atoms with Gasteiger partial charge in [-0.3, -0.25) is 4.79 Å². The molecule has 0 aromatic rings. The summed E-state index contributed by atoms with van der Waals surface area (Å²) in [5.74, 6) is 0.0916. The van der Waals surface area contributed by atoms with Crippen LogP contribution in [-0.2, 0) is 9.53 Å². The molecule has 0 unspecified atom stereocenters. The van der Waals surface area contributed by atoms with Gasteiger partial charge < -0.3 is 9.84 Å². The minimum Gasteiger partial charge on any atom is -0.458 e. The molecule has 18 heavy (non-hydrogen) atoms. The standard InChI is InChI=1S/C15H22O3/c1-9-4-6-12-11(3)15(17)18-14(12)8-10(2)13(16)7-5-9/h5,8,11-14,16H,4,6-7H2,1-3H3/b9-5-,10-8-/t11-,12+,13+,14-/m1/s1. The molecule has 1 aliphatic carbocycles. The average molecular weight is 250 g/mol. The van der Waals surface area contributed by atoms with E-state index in [4.69, 9.17) is 4.74 Å². The smallest absolute Gasteiger partial charge is 0.309 e. The molecule has 2 rings (SSSR count). The first-order valence-electron chi connectivity index (χ1n) is 6.71. The summed E-state index contributed by atoms with van der Waals surface area (Å²) in [5.41, 5.74) is 2.19. The van der Waals surface area contributed by atoms with Crippen molar-refractivity contribution in [2.24, 2.45) is 11.8 Å². The molecule has 1 heterocycles. The SMILES string of the molecule is C/C1=C/C[C@H](O)/C(C)=C\[C@H]2OC(=O)[C@H](C)[C@@H]2CC1. The summed E-state index contributed by atoms with van der Waals surface area (Å²) < 4.78 is 5.42. The summed E-state index contributed by atoms with van der Waals surface area (Å²) in [7, 11) is 0. The Hall–Kier alpha value is -1.09. The van der Waals surface area contributed by atoms with Gasteiger partial charge in [-0.1, -0.05) is 18.6 Å². The van der Waals surface area contributed by atoms with Crippen molar-refractivity contribution in [2.75, 3.05) is 0 Å². The van der Waals surface area contributed by atoms with Gasteiger partial charge in [0, 0.05) is 5.92 Å². The largest absolute Gasteiger partial charge is 0.458 e. The van der Waals surface area contributed by atoms with Crippen LogP contribution in [-0.4, -0.2) is 23.3 Å². The summed E-state index contributed by atoms with van der Waals surface area (Å²) in [4.78, 5) is 11.7. The zero-order valence-electron chi connectivity index (χ0n) is 11.3. The van der Waals surface area contributed by atoms with E-state index in [1.807, 2.05) is 19.9 Å². The van der Waals surface area contributed by atoms with Crippen LogP contribution in [0.25, 0.3) is 0 Å². The second-order valence-electron chi connectivity index (χ2n) is 5.61. The summed E-state index contributed by atoms with van der Waals surface area (Å²) in [6, 6.07) is 0. The van der Waals surface area contributed by atoms with Crippen molar-refractivity contribution in [2.45, 2.75) is 52.2 Å². The zero-order chi connectivity index (χ0) is 13.3. The maximum atomic E-state index is 11.7. The molecule has 2 aliphatic rings. The number of esters is 1. The molecule has 4 atom stereocenters. The Morgan fingerprint density at radius 1 is 1.39 bits per heavy atom. The van der Waals surface area contributed by atoms with Crippen LogP contribution in [0.15, 0.2) is 23.3 Å². The molecule has 3 nitrogen and oxygen atoms in total. The van der Waals surface area contributed by atoms with Crippen LogP contribution < -0.4 is 0 Å². The van der Waals surface area contributed by atoms with E-state index in [0.29, 0.717) is 6.42 Å².